The Morgan fingerprint density at radius 1 is 1.11 bits per heavy atom. The van der Waals surface area contributed by atoms with Crippen LogP contribution in [0.3, 0.4) is 0 Å². The topological polar surface area (TPSA) is 95.2 Å². The van der Waals surface area contributed by atoms with Crippen LogP contribution in [0.2, 0.25) is 0 Å². The van der Waals surface area contributed by atoms with Crippen molar-refractivity contribution in [1.82, 2.24) is 14.3 Å². The third-order valence-corrected chi connectivity index (χ3v) is 7.76. The Labute approximate surface area is 209 Å². The first-order valence-corrected chi connectivity index (χ1v) is 12.7. The number of aryl methyl sites for hydroxylation is 1. The van der Waals surface area contributed by atoms with Crippen LogP contribution < -0.4 is 4.72 Å². The van der Waals surface area contributed by atoms with Gasteiger partial charge in [0.2, 0.25) is 5.78 Å². The van der Waals surface area contributed by atoms with E-state index in [9.17, 15) is 26.4 Å². The number of nitrogens with zero attached hydrogens (tertiary/aromatic N) is 2. The van der Waals surface area contributed by atoms with Crippen LogP contribution in [0.4, 0.5) is 23.2 Å². The molecule has 5 rings (SSSR count). The maximum absolute atomic E-state index is 15.3. The predicted molar refractivity (Wildman–Crippen MR) is 130 cm³/mol. The van der Waals surface area contributed by atoms with E-state index in [1.54, 1.807) is 25.1 Å². The largest absolute Gasteiger partial charge is 0.345 e. The number of aromatic nitrogens is 2. The smallest absolute Gasteiger partial charge is 0.301 e. The fourth-order valence-corrected chi connectivity index (χ4v) is 5.47. The summed E-state index contributed by atoms with van der Waals surface area (Å²) in [6.45, 7) is 1.13. The van der Waals surface area contributed by atoms with Crippen LogP contribution in [0.25, 0.3) is 22.2 Å². The van der Waals surface area contributed by atoms with Crippen LogP contribution in [0.15, 0.2) is 48.8 Å². The van der Waals surface area contributed by atoms with Crippen LogP contribution in [0.1, 0.15) is 27.9 Å². The highest BCUT2D eigenvalue weighted by atomic mass is 32.2. The summed E-state index contributed by atoms with van der Waals surface area (Å²) >= 11 is 0. The molecule has 0 spiro atoms. The number of carbonyl (C=O) groups is 1. The molecule has 0 bridgehead atoms. The van der Waals surface area contributed by atoms with Gasteiger partial charge >= 0.3 is 10.2 Å². The number of aromatic amines is 1. The van der Waals surface area contributed by atoms with Gasteiger partial charge in [0, 0.05) is 42.0 Å². The molecular weight excluding hydrogens is 512 g/mol. The number of hydrogen-bond acceptors (Lipinski definition) is 4. The summed E-state index contributed by atoms with van der Waals surface area (Å²) in [5.41, 5.74) is -0.0752. The summed E-state index contributed by atoms with van der Waals surface area (Å²) in [5.74, 6) is -4.10. The first-order valence-electron chi connectivity index (χ1n) is 11.2. The molecule has 4 aromatic rings. The van der Waals surface area contributed by atoms with Crippen molar-refractivity contribution in [2.75, 3.05) is 17.8 Å². The molecule has 0 unspecified atom stereocenters. The molecule has 0 aliphatic carbocycles. The Morgan fingerprint density at radius 2 is 1.89 bits per heavy atom. The van der Waals surface area contributed by atoms with E-state index in [4.69, 9.17) is 0 Å². The van der Waals surface area contributed by atoms with Gasteiger partial charge in [-0.15, -0.1) is 0 Å². The van der Waals surface area contributed by atoms with Crippen molar-refractivity contribution in [3.63, 3.8) is 0 Å². The van der Waals surface area contributed by atoms with Gasteiger partial charge in [-0.05, 0) is 48.7 Å². The van der Waals surface area contributed by atoms with Crippen molar-refractivity contribution >= 4 is 32.7 Å². The van der Waals surface area contributed by atoms with Gasteiger partial charge in [-0.3, -0.25) is 9.52 Å². The molecule has 0 amide bonds. The van der Waals surface area contributed by atoms with E-state index in [2.05, 4.69) is 9.97 Å². The van der Waals surface area contributed by atoms with Gasteiger partial charge in [-0.25, -0.2) is 22.5 Å². The van der Waals surface area contributed by atoms with Crippen molar-refractivity contribution in [3.8, 4) is 11.1 Å². The molecule has 1 saturated heterocycles. The lowest BCUT2D eigenvalue weighted by Gasteiger charge is -2.18. The average molecular weight is 533 g/mol. The molecule has 7 nitrogen and oxygen atoms in total. The van der Waals surface area contributed by atoms with E-state index in [1.165, 1.54) is 18.5 Å². The molecular formula is C25H20F4N4O3S. The minimum Gasteiger partial charge on any atom is -0.345 e. The average Bonchev–Trinajstić information content (AvgIpc) is 3.49. The molecule has 192 valence electrons. The van der Waals surface area contributed by atoms with Gasteiger partial charge in [-0.1, -0.05) is 12.1 Å². The number of ketones is 1. The quantitative estimate of drug-likeness (QED) is 0.273. The van der Waals surface area contributed by atoms with Crippen LogP contribution in [0, 0.1) is 24.4 Å². The maximum atomic E-state index is 15.3. The standard InChI is InChI=1S/C25H20F4N4O3S/c1-13-2-3-14(9-20(13)28)15-8-17-18(11-31-25(17)30-10-15)24(34)22-19(27)4-5-21(23(22)29)32-37(35,36)33-7-6-16(26)12-33/h2-5,8-11,16,32H,6-7,12H2,1H3,(H,30,31)/t16-/m1/s1. The Hall–Kier alpha value is -3.77. The molecule has 2 N–H and O–H groups in total. The van der Waals surface area contributed by atoms with Gasteiger partial charge in [-0.2, -0.15) is 12.7 Å². The van der Waals surface area contributed by atoms with E-state index in [0.717, 1.165) is 16.4 Å². The van der Waals surface area contributed by atoms with Crippen LogP contribution >= 0.6 is 0 Å². The van der Waals surface area contributed by atoms with E-state index in [-0.39, 0.29) is 36.1 Å². The van der Waals surface area contributed by atoms with E-state index < -0.39 is 50.9 Å². The molecule has 2 aromatic heterocycles. The lowest BCUT2D eigenvalue weighted by molar-refractivity contribution is 0.103. The Balaban J connectivity index is 1.52. The molecule has 3 heterocycles. The number of nitrogens with one attached hydrogen (secondary N) is 2. The summed E-state index contributed by atoms with van der Waals surface area (Å²) < 4.78 is 85.5. The fraction of sp³-hybridized carbons (Fsp3) is 0.200. The number of hydrogen-bond donors (Lipinski definition) is 2. The second-order valence-corrected chi connectivity index (χ2v) is 10.4. The molecule has 1 fully saturated rings. The number of anilines is 1. The Bertz CT molecular complexity index is 1660. The molecule has 1 aliphatic rings. The van der Waals surface area contributed by atoms with Crippen molar-refractivity contribution in [2.45, 2.75) is 19.5 Å². The maximum Gasteiger partial charge on any atom is 0.301 e. The highest BCUT2D eigenvalue weighted by Gasteiger charge is 2.33. The van der Waals surface area contributed by atoms with Gasteiger partial charge in [0.25, 0.3) is 0 Å². The number of alkyl halides is 1. The lowest BCUT2D eigenvalue weighted by atomic mass is 9.99. The summed E-state index contributed by atoms with van der Waals surface area (Å²) in [6, 6.07) is 7.74. The van der Waals surface area contributed by atoms with E-state index >= 15 is 4.39 Å². The first kappa shape index (κ1) is 24.9. The molecule has 37 heavy (non-hydrogen) atoms. The zero-order valence-electron chi connectivity index (χ0n) is 19.4. The third-order valence-electron chi connectivity index (χ3n) is 6.27. The second-order valence-electron chi connectivity index (χ2n) is 8.75. The highest BCUT2D eigenvalue weighted by molar-refractivity contribution is 7.90. The zero-order chi connectivity index (χ0) is 26.5. The second kappa shape index (κ2) is 9.27. The number of halogens is 4. The van der Waals surface area contributed by atoms with Crippen molar-refractivity contribution in [2.24, 2.45) is 0 Å². The Morgan fingerprint density at radius 3 is 2.59 bits per heavy atom. The van der Waals surface area contributed by atoms with Gasteiger partial charge in [0.15, 0.2) is 5.82 Å². The fourth-order valence-electron chi connectivity index (χ4n) is 4.21. The number of benzene rings is 2. The molecule has 2 aromatic carbocycles. The van der Waals surface area contributed by atoms with Crippen molar-refractivity contribution in [3.05, 3.63) is 82.9 Å². The number of fused-ring (bicyclic) bond motifs is 1. The first-order chi connectivity index (χ1) is 17.5. The summed E-state index contributed by atoms with van der Waals surface area (Å²) in [7, 11) is -4.33. The minimum atomic E-state index is -4.33. The molecule has 0 saturated carbocycles. The zero-order valence-corrected chi connectivity index (χ0v) is 20.2. The number of carbonyl (C=O) groups excluding carboxylic acids is 1. The Kier molecular flexibility index (Phi) is 6.24. The number of rotatable bonds is 6. The van der Waals surface area contributed by atoms with Crippen molar-refractivity contribution < 1.29 is 30.8 Å². The van der Waals surface area contributed by atoms with E-state index in [1.807, 2.05) is 4.72 Å². The molecule has 0 radical (unpaired) electrons. The number of H-pyrrole nitrogens is 1. The predicted octanol–water partition coefficient (Wildman–Crippen LogP) is 4.89. The van der Waals surface area contributed by atoms with Crippen LogP contribution in [0.5, 0.6) is 0 Å². The SMILES string of the molecule is Cc1ccc(-c2cnc3[nH]cc(C(=O)c4c(F)ccc(NS(=O)(=O)N5CC[C@@H](F)C5)c4F)c3c2)cc1F. The van der Waals surface area contributed by atoms with Gasteiger partial charge in [0.05, 0.1) is 11.3 Å². The minimum absolute atomic E-state index is 0.00234. The highest BCUT2D eigenvalue weighted by Crippen LogP contribution is 2.30. The van der Waals surface area contributed by atoms with E-state index in [0.29, 0.717) is 16.7 Å². The summed E-state index contributed by atoms with van der Waals surface area (Å²) in [5, 5.41) is 0.235. The van der Waals surface area contributed by atoms with Gasteiger partial charge in [0.1, 0.15) is 23.5 Å². The summed E-state index contributed by atoms with van der Waals surface area (Å²) in [4.78, 5) is 20.3. The lowest BCUT2D eigenvalue weighted by Crippen LogP contribution is -2.34. The third kappa shape index (κ3) is 4.58. The molecule has 1 aliphatic heterocycles. The molecule has 12 heteroatoms. The monoisotopic (exact) mass is 532 g/mol. The van der Waals surface area contributed by atoms with Gasteiger partial charge < -0.3 is 4.98 Å². The number of pyridine rings is 1. The van der Waals surface area contributed by atoms with Crippen LogP contribution in [-0.2, 0) is 10.2 Å². The van der Waals surface area contributed by atoms with Crippen molar-refractivity contribution in [1.29, 1.82) is 0 Å². The van der Waals surface area contributed by atoms with Crippen LogP contribution in [-0.4, -0.2) is 47.7 Å². The molecule has 1 atom stereocenters. The normalized spacial score (nSPS) is 16.4. The summed E-state index contributed by atoms with van der Waals surface area (Å²) in [6.07, 6.45) is 1.36.